The highest BCUT2D eigenvalue weighted by Crippen LogP contribution is 2.40. The smallest absolute Gasteiger partial charge is 0.256 e. The van der Waals surface area contributed by atoms with Crippen LogP contribution in [0.1, 0.15) is 57.2 Å². The van der Waals surface area contributed by atoms with Crippen molar-refractivity contribution in [3.8, 4) is 5.69 Å². The molecule has 5 nitrogen and oxygen atoms in total. The summed E-state index contributed by atoms with van der Waals surface area (Å²) in [6.07, 6.45) is 2.24. The Morgan fingerprint density at radius 1 is 0.968 bits per heavy atom. The molecule has 0 spiro atoms. The van der Waals surface area contributed by atoms with E-state index in [2.05, 4.69) is 38.2 Å². The molecule has 5 heteroatoms. The third kappa shape index (κ3) is 3.61. The van der Waals surface area contributed by atoms with Gasteiger partial charge in [-0.1, -0.05) is 23.8 Å². The van der Waals surface area contributed by atoms with E-state index in [1.165, 1.54) is 11.1 Å². The van der Waals surface area contributed by atoms with Crippen molar-refractivity contribution < 1.29 is 4.79 Å². The predicted octanol–water partition coefficient (Wildman–Crippen LogP) is 5.78. The molecule has 0 aliphatic heterocycles. The molecule has 2 heterocycles. The van der Waals surface area contributed by atoms with Gasteiger partial charge in [0.05, 0.1) is 22.3 Å². The van der Waals surface area contributed by atoms with E-state index in [0.29, 0.717) is 11.5 Å². The molecule has 156 valence electrons. The molecule has 31 heavy (non-hydrogen) atoms. The monoisotopic (exact) mass is 410 g/mol. The molecule has 0 bridgehead atoms. The van der Waals surface area contributed by atoms with Crippen molar-refractivity contribution in [2.75, 3.05) is 5.32 Å². The molecule has 1 fully saturated rings. The normalized spacial score (nSPS) is 13.5. The SMILES string of the molecule is Cc1ccc(-n2nc(C)c3c(C(=O)Nc4ccc(C)c(C)c4)cc(C4CC4)nc32)cc1. The van der Waals surface area contributed by atoms with E-state index in [0.717, 1.165) is 52.2 Å². The van der Waals surface area contributed by atoms with Crippen LogP contribution in [-0.2, 0) is 0 Å². The van der Waals surface area contributed by atoms with Crippen molar-refractivity contribution in [1.82, 2.24) is 14.8 Å². The Morgan fingerprint density at radius 3 is 2.39 bits per heavy atom. The molecule has 5 rings (SSSR count). The molecule has 2 aromatic heterocycles. The molecule has 0 atom stereocenters. The lowest BCUT2D eigenvalue weighted by Gasteiger charge is -2.11. The van der Waals surface area contributed by atoms with Gasteiger partial charge < -0.3 is 5.32 Å². The Hall–Kier alpha value is -3.47. The summed E-state index contributed by atoms with van der Waals surface area (Å²) >= 11 is 0. The van der Waals surface area contributed by atoms with E-state index in [1.54, 1.807) is 0 Å². The Morgan fingerprint density at radius 2 is 1.71 bits per heavy atom. The molecule has 1 aliphatic carbocycles. The van der Waals surface area contributed by atoms with Gasteiger partial charge in [-0.15, -0.1) is 0 Å². The van der Waals surface area contributed by atoms with Crippen LogP contribution in [0.5, 0.6) is 0 Å². The van der Waals surface area contributed by atoms with E-state index in [9.17, 15) is 4.79 Å². The highest BCUT2D eigenvalue weighted by Gasteiger charge is 2.29. The Balaban J connectivity index is 1.64. The van der Waals surface area contributed by atoms with Crippen LogP contribution in [0.15, 0.2) is 48.5 Å². The zero-order valence-corrected chi connectivity index (χ0v) is 18.4. The Labute approximate surface area is 182 Å². The number of pyridine rings is 1. The van der Waals surface area contributed by atoms with E-state index >= 15 is 0 Å². The molecule has 0 unspecified atom stereocenters. The first-order valence-electron chi connectivity index (χ1n) is 10.8. The third-order valence-electron chi connectivity index (χ3n) is 6.12. The minimum atomic E-state index is -0.121. The number of carbonyl (C=O) groups excluding carboxylic acids is 1. The fourth-order valence-electron chi connectivity index (χ4n) is 3.96. The number of carbonyl (C=O) groups is 1. The van der Waals surface area contributed by atoms with Crippen molar-refractivity contribution in [3.63, 3.8) is 0 Å². The van der Waals surface area contributed by atoms with Gasteiger partial charge in [-0.25, -0.2) is 9.67 Å². The van der Waals surface area contributed by atoms with Crippen molar-refractivity contribution in [1.29, 1.82) is 0 Å². The van der Waals surface area contributed by atoms with Gasteiger partial charge in [0.25, 0.3) is 5.91 Å². The second kappa shape index (κ2) is 7.34. The van der Waals surface area contributed by atoms with E-state index in [4.69, 9.17) is 10.1 Å². The first kappa shape index (κ1) is 19.5. The van der Waals surface area contributed by atoms with Crippen molar-refractivity contribution in [3.05, 3.63) is 82.2 Å². The summed E-state index contributed by atoms with van der Waals surface area (Å²) in [5.74, 6) is 0.309. The largest absolute Gasteiger partial charge is 0.322 e. The van der Waals surface area contributed by atoms with Crippen LogP contribution in [-0.4, -0.2) is 20.7 Å². The van der Waals surface area contributed by atoms with Crippen LogP contribution in [0.25, 0.3) is 16.7 Å². The number of amides is 1. The van der Waals surface area contributed by atoms with E-state index < -0.39 is 0 Å². The number of hydrogen-bond donors (Lipinski definition) is 1. The zero-order valence-electron chi connectivity index (χ0n) is 18.4. The summed E-state index contributed by atoms with van der Waals surface area (Å²) in [6, 6.07) is 16.2. The molecule has 0 radical (unpaired) electrons. The fourth-order valence-corrected chi connectivity index (χ4v) is 3.96. The third-order valence-corrected chi connectivity index (χ3v) is 6.12. The van der Waals surface area contributed by atoms with Crippen molar-refractivity contribution in [2.24, 2.45) is 0 Å². The summed E-state index contributed by atoms with van der Waals surface area (Å²) in [5, 5.41) is 8.66. The minimum absolute atomic E-state index is 0.121. The molecular formula is C26H26N4O. The number of hydrogen-bond acceptors (Lipinski definition) is 3. The van der Waals surface area contributed by atoms with Crippen LogP contribution < -0.4 is 5.32 Å². The molecule has 2 aromatic carbocycles. The van der Waals surface area contributed by atoms with Crippen LogP contribution in [0, 0.1) is 27.7 Å². The quantitative estimate of drug-likeness (QED) is 0.464. The van der Waals surface area contributed by atoms with Crippen molar-refractivity contribution in [2.45, 2.75) is 46.5 Å². The van der Waals surface area contributed by atoms with Gasteiger partial charge in [0.1, 0.15) is 0 Å². The molecule has 1 amide bonds. The average Bonchev–Trinajstić information content (AvgIpc) is 3.55. The number of rotatable bonds is 4. The maximum absolute atomic E-state index is 13.4. The number of benzene rings is 2. The Kier molecular flexibility index (Phi) is 4.62. The highest BCUT2D eigenvalue weighted by molar-refractivity contribution is 6.13. The fraction of sp³-hybridized carbons (Fsp3) is 0.269. The first-order valence-corrected chi connectivity index (χ1v) is 10.8. The van der Waals surface area contributed by atoms with Gasteiger partial charge in [0.15, 0.2) is 5.65 Å². The lowest BCUT2D eigenvalue weighted by atomic mass is 10.1. The van der Waals surface area contributed by atoms with E-state index in [-0.39, 0.29) is 5.91 Å². The van der Waals surface area contributed by atoms with Crippen LogP contribution in [0.2, 0.25) is 0 Å². The number of aryl methyl sites for hydroxylation is 4. The lowest BCUT2D eigenvalue weighted by Crippen LogP contribution is -2.14. The molecule has 4 aromatic rings. The molecular weight excluding hydrogens is 384 g/mol. The number of aromatic nitrogens is 3. The summed E-state index contributed by atoms with van der Waals surface area (Å²) in [5.41, 5.74) is 8.46. The first-order chi connectivity index (χ1) is 14.9. The van der Waals surface area contributed by atoms with Gasteiger partial charge in [-0.05, 0) is 82.0 Å². The number of anilines is 1. The summed E-state index contributed by atoms with van der Waals surface area (Å²) in [6.45, 7) is 8.13. The van der Waals surface area contributed by atoms with E-state index in [1.807, 2.05) is 48.0 Å². The topological polar surface area (TPSA) is 59.8 Å². The van der Waals surface area contributed by atoms with Crippen LogP contribution in [0.3, 0.4) is 0 Å². The van der Waals surface area contributed by atoms with Gasteiger partial charge >= 0.3 is 0 Å². The van der Waals surface area contributed by atoms with Gasteiger partial charge in [0.2, 0.25) is 0 Å². The zero-order chi connectivity index (χ0) is 21.7. The lowest BCUT2D eigenvalue weighted by molar-refractivity contribution is 0.102. The Bertz CT molecular complexity index is 1310. The van der Waals surface area contributed by atoms with Crippen molar-refractivity contribution >= 4 is 22.6 Å². The van der Waals surface area contributed by atoms with Gasteiger partial charge in [-0.2, -0.15) is 5.10 Å². The maximum atomic E-state index is 13.4. The number of nitrogens with one attached hydrogen (secondary N) is 1. The molecule has 1 saturated carbocycles. The maximum Gasteiger partial charge on any atom is 0.256 e. The average molecular weight is 411 g/mol. The number of nitrogens with zero attached hydrogens (tertiary/aromatic N) is 3. The predicted molar refractivity (Wildman–Crippen MR) is 124 cm³/mol. The molecule has 1 N–H and O–H groups in total. The van der Waals surface area contributed by atoms with Gasteiger partial charge in [-0.3, -0.25) is 4.79 Å². The highest BCUT2D eigenvalue weighted by atomic mass is 16.1. The van der Waals surface area contributed by atoms with Gasteiger partial charge in [0, 0.05) is 17.3 Å². The molecule has 0 saturated heterocycles. The standard InChI is InChI=1S/C26H26N4O/c1-15-5-11-21(12-6-15)30-25-24(18(4)29-30)22(14-23(28-25)19-8-9-19)26(31)27-20-10-7-16(2)17(3)13-20/h5-7,10-14,19H,8-9H2,1-4H3,(H,27,31). The summed E-state index contributed by atoms with van der Waals surface area (Å²) in [4.78, 5) is 18.3. The van der Waals surface area contributed by atoms with Crippen LogP contribution >= 0.6 is 0 Å². The summed E-state index contributed by atoms with van der Waals surface area (Å²) in [7, 11) is 0. The second-order valence-corrected chi connectivity index (χ2v) is 8.65. The number of fused-ring (bicyclic) bond motifs is 1. The molecule has 1 aliphatic rings. The van der Waals surface area contributed by atoms with Crippen LogP contribution in [0.4, 0.5) is 5.69 Å². The second-order valence-electron chi connectivity index (χ2n) is 8.65. The minimum Gasteiger partial charge on any atom is -0.322 e. The summed E-state index contributed by atoms with van der Waals surface area (Å²) < 4.78 is 1.86.